The maximum absolute atomic E-state index is 9.19. The van der Waals surface area contributed by atoms with Crippen LogP contribution in [0.1, 0.15) is 12.1 Å². The molecule has 0 aliphatic carbocycles. The van der Waals surface area contributed by atoms with Gasteiger partial charge in [0.1, 0.15) is 18.1 Å². The highest BCUT2D eigenvalue weighted by molar-refractivity contribution is 5.80. The number of aryl methyl sites for hydroxylation is 1. The number of aromatic nitrogens is 4. The lowest BCUT2D eigenvalue weighted by Crippen LogP contribution is -2.00. The lowest BCUT2D eigenvalue weighted by molar-refractivity contribution is 0.277. The van der Waals surface area contributed by atoms with E-state index in [1.165, 1.54) is 0 Å². The maximum atomic E-state index is 9.19. The summed E-state index contributed by atoms with van der Waals surface area (Å²) in [5, 5.41) is 15.1. The van der Waals surface area contributed by atoms with Gasteiger partial charge in [-0.05, 0) is 60.5 Å². The van der Waals surface area contributed by atoms with Gasteiger partial charge in [-0.25, -0.2) is 4.98 Å². The summed E-state index contributed by atoms with van der Waals surface area (Å²) in [7, 11) is 0. The van der Waals surface area contributed by atoms with E-state index in [-0.39, 0.29) is 6.61 Å². The van der Waals surface area contributed by atoms with Crippen molar-refractivity contribution >= 4 is 10.9 Å². The third-order valence-corrected chi connectivity index (χ3v) is 5.47. The zero-order valence-electron chi connectivity index (χ0n) is 18.1. The SMILES string of the molecule is OCCCn1cc(-c2ccncc2)c(-c2ccc(OCc3ccc4ccccc4n3)cc2)n1. The summed E-state index contributed by atoms with van der Waals surface area (Å²) in [5.74, 6) is 0.777. The predicted octanol–water partition coefficient (Wildman–Crippen LogP) is 5.12. The number of nitrogens with zero attached hydrogens (tertiary/aromatic N) is 4. The summed E-state index contributed by atoms with van der Waals surface area (Å²) in [6, 6.07) is 24.0. The Balaban J connectivity index is 1.35. The van der Waals surface area contributed by atoms with Crippen LogP contribution >= 0.6 is 0 Å². The van der Waals surface area contributed by atoms with Crippen molar-refractivity contribution in [3.63, 3.8) is 0 Å². The molecule has 3 aromatic heterocycles. The smallest absolute Gasteiger partial charge is 0.130 e. The van der Waals surface area contributed by atoms with Crippen LogP contribution in [0.4, 0.5) is 0 Å². The Morgan fingerprint density at radius 2 is 1.67 bits per heavy atom. The van der Waals surface area contributed by atoms with E-state index in [0.717, 1.165) is 44.7 Å². The molecule has 5 rings (SSSR count). The van der Waals surface area contributed by atoms with Crippen LogP contribution in [-0.4, -0.2) is 31.5 Å². The number of para-hydroxylation sites is 1. The monoisotopic (exact) mass is 436 g/mol. The summed E-state index contributed by atoms with van der Waals surface area (Å²) >= 11 is 0. The molecular formula is C27H24N4O2. The highest BCUT2D eigenvalue weighted by atomic mass is 16.5. The second-order valence-corrected chi connectivity index (χ2v) is 7.78. The van der Waals surface area contributed by atoms with Gasteiger partial charge in [-0.3, -0.25) is 9.67 Å². The first kappa shape index (κ1) is 20.8. The molecule has 0 aliphatic rings. The Labute approximate surface area is 192 Å². The predicted molar refractivity (Wildman–Crippen MR) is 129 cm³/mol. The average molecular weight is 437 g/mol. The molecule has 0 saturated heterocycles. The van der Waals surface area contributed by atoms with Crippen LogP contribution in [0.5, 0.6) is 5.75 Å². The number of rotatable bonds is 8. The number of fused-ring (bicyclic) bond motifs is 1. The fourth-order valence-corrected chi connectivity index (χ4v) is 3.78. The zero-order valence-corrected chi connectivity index (χ0v) is 18.1. The Morgan fingerprint density at radius 1 is 0.848 bits per heavy atom. The molecule has 0 unspecified atom stereocenters. The van der Waals surface area contributed by atoms with Gasteiger partial charge in [-0.2, -0.15) is 5.10 Å². The largest absolute Gasteiger partial charge is 0.487 e. The van der Waals surface area contributed by atoms with Crippen molar-refractivity contribution in [2.45, 2.75) is 19.6 Å². The summed E-state index contributed by atoms with van der Waals surface area (Å²) in [4.78, 5) is 8.79. The summed E-state index contributed by atoms with van der Waals surface area (Å²) in [6.07, 6.45) is 6.24. The highest BCUT2D eigenvalue weighted by Crippen LogP contribution is 2.32. The van der Waals surface area contributed by atoms with Gasteiger partial charge in [-0.15, -0.1) is 0 Å². The van der Waals surface area contributed by atoms with E-state index in [1.54, 1.807) is 12.4 Å². The number of aliphatic hydroxyl groups is 1. The maximum Gasteiger partial charge on any atom is 0.130 e. The third kappa shape index (κ3) is 4.76. The molecular weight excluding hydrogens is 412 g/mol. The second-order valence-electron chi connectivity index (χ2n) is 7.78. The highest BCUT2D eigenvalue weighted by Gasteiger charge is 2.13. The number of ether oxygens (including phenoxy) is 1. The molecule has 0 aliphatic heterocycles. The van der Waals surface area contributed by atoms with Crippen molar-refractivity contribution in [1.82, 2.24) is 19.7 Å². The van der Waals surface area contributed by atoms with Gasteiger partial charge in [0.2, 0.25) is 0 Å². The lowest BCUT2D eigenvalue weighted by Gasteiger charge is -2.08. The molecule has 5 aromatic rings. The Hall–Kier alpha value is -4.03. The van der Waals surface area contributed by atoms with E-state index >= 15 is 0 Å². The molecule has 164 valence electrons. The molecule has 33 heavy (non-hydrogen) atoms. The minimum atomic E-state index is 0.137. The fraction of sp³-hybridized carbons (Fsp3) is 0.148. The summed E-state index contributed by atoms with van der Waals surface area (Å²) in [6.45, 7) is 1.20. The topological polar surface area (TPSA) is 73.1 Å². The minimum Gasteiger partial charge on any atom is -0.487 e. The Kier molecular flexibility index (Phi) is 6.08. The molecule has 3 heterocycles. The summed E-state index contributed by atoms with van der Waals surface area (Å²) < 4.78 is 7.87. The molecule has 2 aromatic carbocycles. The van der Waals surface area contributed by atoms with E-state index in [4.69, 9.17) is 9.84 Å². The normalized spacial score (nSPS) is 11.1. The van der Waals surface area contributed by atoms with Gasteiger partial charge in [0.25, 0.3) is 0 Å². The van der Waals surface area contributed by atoms with E-state index < -0.39 is 0 Å². The molecule has 6 nitrogen and oxygen atoms in total. The van der Waals surface area contributed by atoms with Gasteiger partial charge in [0, 0.05) is 48.3 Å². The Bertz CT molecular complexity index is 1350. The number of hydrogen-bond acceptors (Lipinski definition) is 5. The second kappa shape index (κ2) is 9.63. The van der Waals surface area contributed by atoms with E-state index in [2.05, 4.69) is 22.1 Å². The van der Waals surface area contributed by atoms with Crippen molar-refractivity contribution in [2.24, 2.45) is 0 Å². The first-order chi connectivity index (χ1) is 16.3. The summed E-state index contributed by atoms with van der Waals surface area (Å²) in [5.41, 5.74) is 5.83. The molecule has 0 atom stereocenters. The number of benzene rings is 2. The molecule has 0 amide bonds. The first-order valence-electron chi connectivity index (χ1n) is 11.0. The van der Waals surface area contributed by atoms with Crippen molar-refractivity contribution in [3.05, 3.63) is 97.1 Å². The van der Waals surface area contributed by atoms with Crippen LogP contribution in [0.3, 0.4) is 0 Å². The van der Waals surface area contributed by atoms with Crippen LogP contribution in [0.15, 0.2) is 91.4 Å². The van der Waals surface area contributed by atoms with E-state index in [9.17, 15) is 5.11 Å². The zero-order chi connectivity index (χ0) is 22.5. The van der Waals surface area contributed by atoms with Gasteiger partial charge in [0.15, 0.2) is 0 Å². The van der Waals surface area contributed by atoms with Crippen molar-refractivity contribution in [3.8, 4) is 28.1 Å². The Morgan fingerprint density at radius 3 is 2.48 bits per heavy atom. The van der Waals surface area contributed by atoms with Crippen LogP contribution < -0.4 is 4.74 Å². The van der Waals surface area contributed by atoms with Crippen molar-refractivity contribution in [1.29, 1.82) is 0 Å². The number of pyridine rings is 2. The van der Waals surface area contributed by atoms with Gasteiger partial charge < -0.3 is 9.84 Å². The number of aliphatic hydroxyl groups excluding tert-OH is 1. The quantitative estimate of drug-likeness (QED) is 0.365. The number of hydrogen-bond donors (Lipinski definition) is 1. The third-order valence-electron chi connectivity index (χ3n) is 5.47. The molecule has 0 spiro atoms. The molecule has 0 bridgehead atoms. The minimum absolute atomic E-state index is 0.137. The van der Waals surface area contributed by atoms with Crippen LogP contribution in [-0.2, 0) is 13.2 Å². The van der Waals surface area contributed by atoms with Gasteiger partial charge in [-0.1, -0.05) is 24.3 Å². The molecule has 0 saturated carbocycles. The van der Waals surface area contributed by atoms with E-state index in [1.807, 2.05) is 71.5 Å². The van der Waals surface area contributed by atoms with E-state index in [0.29, 0.717) is 19.6 Å². The van der Waals surface area contributed by atoms with Crippen LogP contribution in [0, 0.1) is 0 Å². The molecule has 6 heteroatoms. The van der Waals surface area contributed by atoms with Crippen LogP contribution in [0.2, 0.25) is 0 Å². The van der Waals surface area contributed by atoms with Gasteiger partial charge in [0.05, 0.1) is 11.2 Å². The lowest BCUT2D eigenvalue weighted by atomic mass is 10.0. The van der Waals surface area contributed by atoms with Gasteiger partial charge >= 0.3 is 0 Å². The van der Waals surface area contributed by atoms with Crippen molar-refractivity contribution in [2.75, 3.05) is 6.61 Å². The fourth-order valence-electron chi connectivity index (χ4n) is 3.78. The average Bonchev–Trinajstić information content (AvgIpc) is 3.31. The molecule has 0 radical (unpaired) electrons. The molecule has 1 N–H and O–H groups in total. The van der Waals surface area contributed by atoms with Crippen LogP contribution in [0.25, 0.3) is 33.3 Å². The van der Waals surface area contributed by atoms with Crippen molar-refractivity contribution < 1.29 is 9.84 Å². The first-order valence-corrected chi connectivity index (χ1v) is 11.0. The molecule has 0 fully saturated rings. The standard InChI is InChI=1S/C27H24N4O2/c32-17-3-16-31-18-25(20-12-14-28-15-13-20)27(30-31)22-7-10-24(11-8-22)33-19-23-9-6-21-4-1-2-5-26(21)29-23/h1-2,4-15,18,32H,3,16-17,19H2.